The third kappa shape index (κ3) is 4.62. The molecule has 0 N–H and O–H groups in total. The summed E-state index contributed by atoms with van der Waals surface area (Å²) in [6, 6.07) is 74.1. The first kappa shape index (κ1) is 34.6. The van der Waals surface area contributed by atoms with Crippen LogP contribution in [0.3, 0.4) is 0 Å². The summed E-state index contributed by atoms with van der Waals surface area (Å²) in [4.78, 5) is 2.58. The highest BCUT2D eigenvalue weighted by atomic mass is 32.1. The number of thiophene rings is 1. The quantitative estimate of drug-likeness (QED) is 0.176. The summed E-state index contributed by atoms with van der Waals surface area (Å²) >= 11 is 1.87. The fraction of sp³-hybridized carbons (Fsp3) is 0.0690. The maximum atomic E-state index is 7.27. The standard InChI is InChI=1S/C58H39NOS/c1-57(2)43-24-10-8-22-40(43)54-47(57)28-16-29-49(54)59(50-30-17-33-53-55(50)41-23-9-15-32-52(41)61-53)37-34-42(36-18-4-3-5-19-36)56-48(35-37)58(46-27-13-14-31-51(46)60-56)44-25-11-6-20-38(44)39-21-7-12-26-45(39)58/h3-35H,1-2H3. The molecule has 0 fully saturated rings. The molecule has 3 aliphatic rings. The van der Waals surface area contributed by atoms with E-state index < -0.39 is 5.41 Å². The predicted molar refractivity (Wildman–Crippen MR) is 254 cm³/mol. The van der Waals surface area contributed by atoms with Gasteiger partial charge in [-0.15, -0.1) is 11.3 Å². The molecule has 2 nitrogen and oxygen atoms in total. The summed E-state index contributed by atoms with van der Waals surface area (Å²) in [7, 11) is 0. The second kappa shape index (κ2) is 12.7. The molecule has 0 radical (unpaired) electrons. The van der Waals surface area contributed by atoms with Crippen LogP contribution in [0.15, 0.2) is 200 Å². The van der Waals surface area contributed by atoms with Gasteiger partial charge in [-0.25, -0.2) is 0 Å². The predicted octanol–water partition coefficient (Wildman–Crippen LogP) is 16.0. The number of hydrogen-bond donors (Lipinski definition) is 0. The molecule has 0 atom stereocenters. The number of para-hydroxylation sites is 1. The van der Waals surface area contributed by atoms with E-state index in [9.17, 15) is 0 Å². The van der Waals surface area contributed by atoms with Crippen molar-refractivity contribution in [2.45, 2.75) is 24.7 Å². The SMILES string of the molecule is CC1(C)c2ccccc2-c2c(N(c3cc(-c4ccccc4)c4c(c3)C3(c5ccccc5O4)c4ccccc4-c4ccccc43)c3cccc4sc5ccccc5c34)cccc21. The molecule has 61 heavy (non-hydrogen) atoms. The van der Waals surface area contributed by atoms with E-state index in [-0.39, 0.29) is 5.41 Å². The van der Waals surface area contributed by atoms with Gasteiger partial charge in [-0.3, -0.25) is 0 Å². The first-order chi connectivity index (χ1) is 30.0. The zero-order chi connectivity index (χ0) is 40.5. The Morgan fingerprint density at radius 1 is 0.443 bits per heavy atom. The van der Waals surface area contributed by atoms with Crippen molar-refractivity contribution >= 4 is 48.6 Å². The van der Waals surface area contributed by atoms with E-state index in [4.69, 9.17) is 4.74 Å². The Morgan fingerprint density at radius 2 is 1.03 bits per heavy atom. The lowest BCUT2D eigenvalue weighted by Crippen LogP contribution is -2.32. The molecular formula is C58H39NOS. The van der Waals surface area contributed by atoms with E-state index in [1.165, 1.54) is 64.7 Å². The van der Waals surface area contributed by atoms with Gasteiger partial charge in [0.15, 0.2) is 0 Å². The van der Waals surface area contributed by atoms with Gasteiger partial charge in [0.2, 0.25) is 0 Å². The number of fused-ring (bicyclic) bond motifs is 15. The second-order valence-corrected chi connectivity index (χ2v) is 18.2. The highest BCUT2D eigenvalue weighted by Crippen LogP contribution is 2.65. The molecule has 0 saturated carbocycles. The Kier molecular flexibility index (Phi) is 7.19. The van der Waals surface area contributed by atoms with Gasteiger partial charge in [0.05, 0.1) is 16.8 Å². The van der Waals surface area contributed by atoms with E-state index in [0.717, 1.165) is 50.8 Å². The number of nitrogens with zero attached hydrogens (tertiary/aromatic N) is 1. The molecule has 1 aliphatic heterocycles. The van der Waals surface area contributed by atoms with Crippen molar-refractivity contribution in [3.63, 3.8) is 0 Å². The lowest BCUT2D eigenvalue weighted by Gasteiger charge is -2.41. The summed E-state index contributed by atoms with van der Waals surface area (Å²) in [5, 5.41) is 2.53. The topological polar surface area (TPSA) is 12.5 Å². The van der Waals surface area contributed by atoms with Crippen molar-refractivity contribution < 1.29 is 4.74 Å². The van der Waals surface area contributed by atoms with Crippen LogP contribution in [0.25, 0.3) is 53.6 Å². The van der Waals surface area contributed by atoms with Crippen molar-refractivity contribution in [2.75, 3.05) is 4.90 Å². The Labute approximate surface area is 359 Å². The Hall–Kier alpha value is -7.20. The molecule has 0 bridgehead atoms. The molecule has 1 aromatic heterocycles. The molecule has 2 aliphatic carbocycles. The fourth-order valence-electron chi connectivity index (χ4n) is 11.2. The van der Waals surface area contributed by atoms with E-state index >= 15 is 0 Å². The highest BCUT2D eigenvalue weighted by Gasteiger charge is 2.52. The lowest BCUT2D eigenvalue weighted by molar-refractivity contribution is 0.438. The minimum absolute atomic E-state index is 0.168. The summed E-state index contributed by atoms with van der Waals surface area (Å²) in [5.74, 6) is 1.78. The van der Waals surface area contributed by atoms with Gasteiger partial charge >= 0.3 is 0 Å². The smallest absolute Gasteiger partial charge is 0.140 e. The van der Waals surface area contributed by atoms with Gasteiger partial charge < -0.3 is 9.64 Å². The number of benzene rings is 9. The van der Waals surface area contributed by atoms with Gasteiger partial charge in [0, 0.05) is 53.5 Å². The van der Waals surface area contributed by atoms with Crippen LogP contribution < -0.4 is 9.64 Å². The van der Waals surface area contributed by atoms with Crippen molar-refractivity contribution in [2.24, 2.45) is 0 Å². The Balaban J connectivity index is 1.21. The van der Waals surface area contributed by atoms with Crippen LogP contribution in [-0.4, -0.2) is 0 Å². The monoisotopic (exact) mass is 797 g/mol. The third-order valence-corrected chi connectivity index (χ3v) is 14.9. The number of ether oxygens (including phenoxy) is 1. The largest absolute Gasteiger partial charge is 0.456 e. The van der Waals surface area contributed by atoms with E-state index in [1.54, 1.807) is 0 Å². The average molecular weight is 798 g/mol. The van der Waals surface area contributed by atoms with Gasteiger partial charge in [-0.1, -0.05) is 172 Å². The van der Waals surface area contributed by atoms with Crippen LogP contribution >= 0.6 is 11.3 Å². The van der Waals surface area contributed by atoms with Crippen molar-refractivity contribution in [3.05, 3.63) is 234 Å². The highest BCUT2D eigenvalue weighted by molar-refractivity contribution is 7.26. The summed E-state index contributed by atoms with van der Waals surface area (Å²) < 4.78 is 9.83. The first-order valence-corrected chi connectivity index (χ1v) is 22.0. The first-order valence-electron chi connectivity index (χ1n) is 21.2. The minimum Gasteiger partial charge on any atom is -0.456 e. The van der Waals surface area contributed by atoms with E-state index in [1.807, 2.05) is 11.3 Å². The zero-order valence-electron chi connectivity index (χ0n) is 33.8. The molecule has 0 amide bonds. The zero-order valence-corrected chi connectivity index (χ0v) is 34.6. The third-order valence-electron chi connectivity index (χ3n) is 13.7. The molecule has 1 spiro atoms. The number of rotatable bonds is 4. The molecule has 0 saturated heterocycles. The molecule has 3 heteroatoms. The molecule has 10 aromatic rings. The van der Waals surface area contributed by atoms with Crippen LogP contribution in [0, 0.1) is 0 Å². The average Bonchev–Trinajstić information content (AvgIpc) is 3.92. The van der Waals surface area contributed by atoms with E-state index in [0.29, 0.717) is 0 Å². The van der Waals surface area contributed by atoms with Crippen molar-refractivity contribution in [1.29, 1.82) is 0 Å². The molecule has 0 unspecified atom stereocenters. The Morgan fingerprint density at radius 3 is 1.82 bits per heavy atom. The van der Waals surface area contributed by atoms with Crippen LogP contribution in [0.2, 0.25) is 0 Å². The molecule has 288 valence electrons. The van der Waals surface area contributed by atoms with Gasteiger partial charge in [0.25, 0.3) is 0 Å². The number of hydrogen-bond acceptors (Lipinski definition) is 3. The molecular weight excluding hydrogens is 759 g/mol. The Bertz CT molecular complexity index is 3400. The maximum Gasteiger partial charge on any atom is 0.140 e. The van der Waals surface area contributed by atoms with Crippen LogP contribution in [0.5, 0.6) is 11.5 Å². The second-order valence-electron chi connectivity index (χ2n) is 17.1. The number of anilines is 3. The summed E-state index contributed by atoms with van der Waals surface area (Å²) in [5.41, 5.74) is 17.4. The van der Waals surface area contributed by atoms with Crippen molar-refractivity contribution in [1.82, 2.24) is 0 Å². The lowest BCUT2D eigenvalue weighted by atomic mass is 9.65. The van der Waals surface area contributed by atoms with Crippen molar-refractivity contribution in [3.8, 4) is 44.9 Å². The minimum atomic E-state index is -0.642. The van der Waals surface area contributed by atoms with Crippen LogP contribution in [0.4, 0.5) is 17.1 Å². The molecule has 9 aromatic carbocycles. The van der Waals surface area contributed by atoms with Gasteiger partial charge in [-0.2, -0.15) is 0 Å². The fourth-order valence-corrected chi connectivity index (χ4v) is 12.3. The van der Waals surface area contributed by atoms with Gasteiger partial charge in [0.1, 0.15) is 11.5 Å². The van der Waals surface area contributed by atoms with Crippen LogP contribution in [0.1, 0.15) is 47.2 Å². The molecule has 13 rings (SSSR count). The van der Waals surface area contributed by atoms with Crippen LogP contribution in [-0.2, 0) is 10.8 Å². The normalized spacial score (nSPS) is 14.5. The maximum absolute atomic E-state index is 7.27. The van der Waals surface area contributed by atoms with E-state index in [2.05, 4.69) is 219 Å². The molecule has 2 heterocycles. The van der Waals surface area contributed by atoms with Gasteiger partial charge in [-0.05, 0) is 87.0 Å². The summed E-state index contributed by atoms with van der Waals surface area (Å²) in [6.45, 7) is 4.75. The summed E-state index contributed by atoms with van der Waals surface area (Å²) in [6.07, 6.45) is 0.